The van der Waals surface area contributed by atoms with Gasteiger partial charge >= 0.3 is 0 Å². The normalized spacial score (nSPS) is 24.5. The van der Waals surface area contributed by atoms with Crippen LogP contribution < -0.4 is 9.47 Å². The van der Waals surface area contributed by atoms with Gasteiger partial charge in [0, 0.05) is 18.5 Å². The standard InChI is InChI=1S/C18H26ClNO2/c1-21-16-11-14-7-10-20-9-4-6-13(5-3-8-19)18(20)15(14)12-17(16)22-2/h11-13,18H,3-10H2,1-2H3/t13-,18+/m0/s1. The van der Waals surface area contributed by atoms with Crippen molar-refractivity contribution in [2.45, 2.75) is 38.1 Å². The van der Waals surface area contributed by atoms with Crippen molar-refractivity contribution in [3.63, 3.8) is 0 Å². The van der Waals surface area contributed by atoms with Gasteiger partial charge < -0.3 is 9.47 Å². The summed E-state index contributed by atoms with van der Waals surface area (Å²) in [5.41, 5.74) is 2.87. The zero-order valence-electron chi connectivity index (χ0n) is 13.6. The maximum atomic E-state index is 5.93. The molecule has 2 aliphatic rings. The number of hydrogen-bond acceptors (Lipinski definition) is 3. The monoisotopic (exact) mass is 323 g/mol. The Bertz CT molecular complexity index is 520. The van der Waals surface area contributed by atoms with Gasteiger partial charge in [-0.1, -0.05) is 0 Å². The van der Waals surface area contributed by atoms with Crippen LogP contribution in [0, 0.1) is 5.92 Å². The Morgan fingerprint density at radius 2 is 1.95 bits per heavy atom. The molecule has 0 N–H and O–H groups in total. The molecule has 2 heterocycles. The van der Waals surface area contributed by atoms with Crippen LogP contribution in [0.25, 0.3) is 0 Å². The lowest BCUT2D eigenvalue weighted by Gasteiger charge is -2.45. The Kier molecular flexibility index (Phi) is 5.14. The molecule has 2 aliphatic heterocycles. The summed E-state index contributed by atoms with van der Waals surface area (Å²) in [6.45, 7) is 2.38. The van der Waals surface area contributed by atoms with E-state index in [0.717, 1.165) is 36.8 Å². The third kappa shape index (κ3) is 2.93. The average molecular weight is 324 g/mol. The number of hydrogen-bond donors (Lipinski definition) is 0. The van der Waals surface area contributed by atoms with Crippen LogP contribution in [-0.4, -0.2) is 38.1 Å². The van der Waals surface area contributed by atoms with Crippen molar-refractivity contribution in [2.24, 2.45) is 5.92 Å². The maximum absolute atomic E-state index is 5.93. The fourth-order valence-corrected chi connectivity index (χ4v) is 4.34. The molecule has 0 bridgehead atoms. The number of halogens is 1. The number of ether oxygens (including phenoxy) is 2. The van der Waals surface area contributed by atoms with Crippen molar-refractivity contribution in [3.8, 4) is 11.5 Å². The van der Waals surface area contributed by atoms with Gasteiger partial charge in [0.05, 0.1) is 14.2 Å². The third-order valence-electron chi connectivity index (χ3n) is 5.20. The first-order valence-corrected chi connectivity index (χ1v) is 8.86. The summed E-state index contributed by atoms with van der Waals surface area (Å²) in [4.78, 5) is 2.66. The van der Waals surface area contributed by atoms with Gasteiger partial charge in [-0.25, -0.2) is 0 Å². The van der Waals surface area contributed by atoms with E-state index in [0.29, 0.717) is 12.0 Å². The second-order valence-corrected chi connectivity index (χ2v) is 6.75. The van der Waals surface area contributed by atoms with E-state index >= 15 is 0 Å². The first kappa shape index (κ1) is 15.9. The van der Waals surface area contributed by atoms with E-state index < -0.39 is 0 Å². The van der Waals surface area contributed by atoms with Gasteiger partial charge in [-0.15, -0.1) is 11.6 Å². The van der Waals surface area contributed by atoms with Crippen LogP contribution in [0.5, 0.6) is 11.5 Å². The molecule has 0 aliphatic carbocycles. The SMILES string of the molecule is COc1cc2c(cc1OC)[C@H]1[C@@H](CCCCl)CCCN1CC2. The van der Waals surface area contributed by atoms with Gasteiger partial charge in [-0.2, -0.15) is 0 Å². The molecule has 0 saturated carbocycles. The fourth-order valence-electron chi connectivity index (χ4n) is 4.19. The molecular formula is C18H26ClNO2. The molecule has 2 atom stereocenters. The molecule has 0 aromatic heterocycles. The summed E-state index contributed by atoms with van der Waals surface area (Å²) in [7, 11) is 3.43. The Morgan fingerprint density at radius 3 is 2.68 bits per heavy atom. The molecule has 0 amide bonds. The van der Waals surface area contributed by atoms with E-state index in [1.165, 1.54) is 36.9 Å². The molecule has 1 saturated heterocycles. The van der Waals surface area contributed by atoms with Gasteiger partial charge in [-0.05, 0) is 67.8 Å². The highest BCUT2D eigenvalue weighted by atomic mass is 35.5. The van der Waals surface area contributed by atoms with E-state index in [1.807, 2.05) is 0 Å². The fraction of sp³-hybridized carbons (Fsp3) is 0.667. The summed E-state index contributed by atoms with van der Waals surface area (Å²) >= 11 is 5.93. The molecule has 3 rings (SSSR count). The summed E-state index contributed by atoms with van der Waals surface area (Å²) in [5, 5.41) is 0. The van der Waals surface area contributed by atoms with Crippen molar-refractivity contribution in [1.82, 2.24) is 4.90 Å². The van der Waals surface area contributed by atoms with Gasteiger partial charge in [-0.3, -0.25) is 4.90 Å². The number of fused-ring (bicyclic) bond motifs is 3. The van der Waals surface area contributed by atoms with Crippen molar-refractivity contribution in [2.75, 3.05) is 33.2 Å². The van der Waals surface area contributed by atoms with E-state index in [-0.39, 0.29) is 0 Å². The second-order valence-electron chi connectivity index (χ2n) is 6.37. The smallest absolute Gasteiger partial charge is 0.161 e. The minimum absolute atomic E-state index is 0.528. The first-order chi connectivity index (χ1) is 10.8. The highest BCUT2D eigenvalue weighted by molar-refractivity contribution is 6.17. The van der Waals surface area contributed by atoms with Crippen molar-refractivity contribution >= 4 is 11.6 Å². The molecule has 22 heavy (non-hydrogen) atoms. The van der Waals surface area contributed by atoms with Crippen LogP contribution in [-0.2, 0) is 6.42 Å². The van der Waals surface area contributed by atoms with Crippen LogP contribution in [0.4, 0.5) is 0 Å². The minimum atomic E-state index is 0.528. The average Bonchev–Trinajstić information content (AvgIpc) is 2.58. The summed E-state index contributed by atoms with van der Waals surface area (Å²) < 4.78 is 11.0. The van der Waals surface area contributed by atoms with Crippen LogP contribution in [0.2, 0.25) is 0 Å². The highest BCUT2D eigenvalue weighted by Crippen LogP contribution is 2.45. The van der Waals surface area contributed by atoms with Gasteiger partial charge in [0.2, 0.25) is 0 Å². The molecule has 1 aromatic carbocycles. The van der Waals surface area contributed by atoms with E-state index in [1.54, 1.807) is 14.2 Å². The van der Waals surface area contributed by atoms with E-state index in [2.05, 4.69) is 17.0 Å². The quantitative estimate of drug-likeness (QED) is 0.764. The van der Waals surface area contributed by atoms with Gasteiger partial charge in [0.25, 0.3) is 0 Å². The highest BCUT2D eigenvalue weighted by Gasteiger charge is 2.36. The van der Waals surface area contributed by atoms with E-state index in [4.69, 9.17) is 21.1 Å². The molecule has 1 aromatic rings. The summed E-state index contributed by atoms with van der Waals surface area (Å²) in [6, 6.07) is 4.92. The molecule has 0 radical (unpaired) electrons. The van der Waals surface area contributed by atoms with E-state index in [9.17, 15) is 0 Å². The van der Waals surface area contributed by atoms with Crippen molar-refractivity contribution < 1.29 is 9.47 Å². The number of methoxy groups -OCH3 is 2. The molecule has 4 heteroatoms. The second kappa shape index (κ2) is 7.10. The summed E-state index contributed by atoms with van der Waals surface area (Å²) in [5.74, 6) is 3.18. The largest absolute Gasteiger partial charge is 0.493 e. The maximum Gasteiger partial charge on any atom is 0.161 e. The van der Waals surface area contributed by atoms with Crippen LogP contribution >= 0.6 is 11.6 Å². The molecule has 0 spiro atoms. The van der Waals surface area contributed by atoms with Crippen LogP contribution in [0.3, 0.4) is 0 Å². The number of nitrogens with zero attached hydrogens (tertiary/aromatic N) is 1. The number of rotatable bonds is 5. The third-order valence-corrected chi connectivity index (χ3v) is 5.47. The van der Waals surface area contributed by atoms with Crippen LogP contribution in [0.1, 0.15) is 42.9 Å². The predicted molar refractivity (Wildman–Crippen MR) is 90.2 cm³/mol. The molecule has 3 nitrogen and oxygen atoms in total. The lowest BCUT2D eigenvalue weighted by Crippen LogP contribution is -2.43. The Labute approximate surface area is 138 Å². The van der Waals surface area contributed by atoms with Crippen LogP contribution in [0.15, 0.2) is 12.1 Å². The number of benzene rings is 1. The van der Waals surface area contributed by atoms with Crippen molar-refractivity contribution in [1.29, 1.82) is 0 Å². The molecular weight excluding hydrogens is 298 g/mol. The topological polar surface area (TPSA) is 21.7 Å². The predicted octanol–water partition coefficient (Wildman–Crippen LogP) is 4.03. The lowest BCUT2D eigenvalue weighted by molar-refractivity contribution is 0.0779. The number of piperidine rings is 1. The molecule has 0 unspecified atom stereocenters. The Morgan fingerprint density at radius 1 is 1.18 bits per heavy atom. The van der Waals surface area contributed by atoms with Gasteiger partial charge in [0.15, 0.2) is 11.5 Å². The summed E-state index contributed by atoms with van der Waals surface area (Å²) in [6.07, 6.45) is 6.06. The molecule has 122 valence electrons. The molecule has 1 fully saturated rings. The first-order valence-electron chi connectivity index (χ1n) is 8.33. The Balaban J connectivity index is 1.96. The lowest BCUT2D eigenvalue weighted by atomic mass is 9.77. The van der Waals surface area contributed by atoms with Crippen molar-refractivity contribution in [3.05, 3.63) is 23.3 Å². The zero-order valence-corrected chi connectivity index (χ0v) is 14.4. The zero-order chi connectivity index (χ0) is 15.5. The Hall–Kier alpha value is -0.930. The van der Waals surface area contributed by atoms with Gasteiger partial charge in [0.1, 0.15) is 0 Å². The minimum Gasteiger partial charge on any atom is -0.493 e. The number of alkyl halides is 1.